The maximum absolute atomic E-state index is 12.7. The van der Waals surface area contributed by atoms with Crippen molar-refractivity contribution in [3.05, 3.63) is 98.3 Å². The number of benzene rings is 1. The minimum atomic E-state index is -0.0927. The van der Waals surface area contributed by atoms with Gasteiger partial charge in [0.25, 0.3) is 5.56 Å². The summed E-state index contributed by atoms with van der Waals surface area (Å²) in [5, 5.41) is 1.16. The number of nitrogens with zero attached hydrogens (tertiary/aromatic N) is 4. The van der Waals surface area contributed by atoms with Crippen LogP contribution < -0.4 is 5.56 Å². The fourth-order valence-corrected chi connectivity index (χ4v) is 4.43. The van der Waals surface area contributed by atoms with Gasteiger partial charge in [-0.15, -0.1) is 0 Å². The third-order valence-corrected chi connectivity index (χ3v) is 5.91. The van der Waals surface area contributed by atoms with E-state index in [0.717, 1.165) is 46.6 Å². The van der Waals surface area contributed by atoms with Crippen molar-refractivity contribution in [2.24, 2.45) is 0 Å². The van der Waals surface area contributed by atoms with Crippen LogP contribution in [0.25, 0.3) is 22.6 Å². The summed E-state index contributed by atoms with van der Waals surface area (Å²) in [7, 11) is 0. The number of H-pyrrole nitrogens is 1. The molecule has 0 amide bonds. The zero-order valence-corrected chi connectivity index (χ0v) is 18.6. The highest BCUT2D eigenvalue weighted by Crippen LogP contribution is 2.26. The van der Waals surface area contributed by atoms with Crippen molar-refractivity contribution in [2.75, 3.05) is 6.54 Å². The molecule has 0 saturated heterocycles. The van der Waals surface area contributed by atoms with Crippen LogP contribution in [-0.2, 0) is 19.5 Å². The Labute approximate surface area is 194 Å². The van der Waals surface area contributed by atoms with Gasteiger partial charge in [0.2, 0.25) is 0 Å². The smallest absolute Gasteiger partial charge is 0.255 e. The van der Waals surface area contributed by atoms with Crippen molar-refractivity contribution in [1.29, 1.82) is 0 Å². The van der Waals surface area contributed by atoms with Gasteiger partial charge in [-0.3, -0.25) is 19.7 Å². The predicted octanol–water partition coefficient (Wildman–Crippen LogP) is 4.76. The van der Waals surface area contributed by atoms with Gasteiger partial charge in [0, 0.05) is 65.8 Å². The molecular weight excluding hydrogens is 445 g/mol. The van der Waals surface area contributed by atoms with E-state index in [1.807, 2.05) is 42.6 Å². The minimum Gasteiger partial charge on any atom is -0.306 e. The number of pyridine rings is 2. The second-order valence-electron chi connectivity index (χ2n) is 7.75. The maximum Gasteiger partial charge on any atom is 0.255 e. The maximum atomic E-state index is 12.7. The molecule has 5 rings (SSSR count). The normalized spacial score (nSPS) is 13.7. The zero-order valence-electron chi connectivity index (χ0n) is 17.1. The first-order chi connectivity index (χ1) is 15.5. The molecule has 1 N–H and O–H groups in total. The Hall–Kier alpha value is -3.06. The van der Waals surface area contributed by atoms with Crippen LogP contribution in [-0.4, -0.2) is 31.4 Å². The number of fused-ring (bicyclic) bond motifs is 1. The van der Waals surface area contributed by atoms with E-state index in [0.29, 0.717) is 29.0 Å². The summed E-state index contributed by atoms with van der Waals surface area (Å²) < 4.78 is 0. The molecule has 0 radical (unpaired) electrons. The van der Waals surface area contributed by atoms with E-state index in [1.54, 1.807) is 18.5 Å². The lowest BCUT2D eigenvalue weighted by Crippen LogP contribution is -2.35. The first kappa shape index (κ1) is 20.8. The van der Waals surface area contributed by atoms with E-state index in [1.165, 1.54) is 0 Å². The molecule has 0 aliphatic carbocycles. The van der Waals surface area contributed by atoms with Crippen LogP contribution in [0.3, 0.4) is 0 Å². The Bertz CT molecular complexity index is 1300. The Morgan fingerprint density at radius 2 is 1.88 bits per heavy atom. The first-order valence-corrected chi connectivity index (χ1v) is 11.0. The van der Waals surface area contributed by atoms with E-state index in [2.05, 4.69) is 24.8 Å². The topological polar surface area (TPSA) is 74.8 Å². The molecular formula is C24H19Cl2N5O. The van der Waals surface area contributed by atoms with Gasteiger partial charge in [0.15, 0.2) is 0 Å². The highest BCUT2D eigenvalue weighted by atomic mass is 35.5. The highest BCUT2D eigenvalue weighted by Gasteiger charge is 2.21. The van der Waals surface area contributed by atoms with Crippen molar-refractivity contribution in [2.45, 2.75) is 19.5 Å². The molecule has 1 aliphatic rings. The summed E-state index contributed by atoms with van der Waals surface area (Å²) in [5.41, 5.74) is 5.06. The van der Waals surface area contributed by atoms with Crippen LogP contribution in [0.15, 0.2) is 65.8 Å². The van der Waals surface area contributed by atoms with E-state index in [-0.39, 0.29) is 5.56 Å². The molecule has 0 unspecified atom stereocenters. The van der Waals surface area contributed by atoms with Gasteiger partial charge in [-0.1, -0.05) is 29.3 Å². The van der Waals surface area contributed by atoms with E-state index >= 15 is 0 Å². The fraction of sp³-hybridized carbons (Fsp3) is 0.167. The largest absolute Gasteiger partial charge is 0.306 e. The quantitative estimate of drug-likeness (QED) is 0.472. The van der Waals surface area contributed by atoms with Crippen molar-refractivity contribution in [3.63, 3.8) is 0 Å². The molecule has 0 fully saturated rings. The van der Waals surface area contributed by atoms with Gasteiger partial charge >= 0.3 is 0 Å². The number of hydrogen-bond acceptors (Lipinski definition) is 5. The number of halogens is 2. The molecule has 4 aromatic rings. The molecule has 4 heterocycles. The van der Waals surface area contributed by atoms with Crippen molar-refractivity contribution < 1.29 is 0 Å². The van der Waals surface area contributed by atoms with Crippen molar-refractivity contribution in [1.82, 2.24) is 24.8 Å². The molecule has 32 heavy (non-hydrogen) atoms. The lowest BCUT2D eigenvalue weighted by atomic mass is 10.1. The average Bonchev–Trinajstić information content (AvgIpc) is 2.80. The third kappa shape index (κ3) is 4.43. The first-order valence-electron chi connectivity index (χ1n) is 10.2. The summed E-state index contributed by atoms with van der Waals surface area (Å²) in [6.45, 7) is 2.07. The van der Waals surface area contributed by atoms with Gasteiger partial charge in [0.1, 0.15) is 5.82 Å². The second-order valence-corrected chi connectivity index (χ2v) is 8.62. The summed E-state index contributed by atoms with van der Waals surface area (Å²) >= 11 is 12.2. The zero-order chi connectivity index (χ0) is 22.1. The number of aromatic nitrogens is 4. The van der Waals surface area contributed by atoms with Gasteiger partial charge in [-0.05, 0) is 42.0 Å². The van der Waals surface area contributed by atoms with Gasteiger partial charge in [0.05, 0.1) is 17.0 Å². The molecule has 1 aliphatic heterocycles. The van der Waals surface area contributed by atoms with E-state index in [4.69, 9.17) is 23.2 Å². The molecule has 0 atom stereocenters. The van der Waals surface area contributed by atoms with E-state index < -0.39 is 0 Å². The Morgan fingerprint density at radius 3 is 2.59 bits per heavy atom. The summed E-state index contributed by atoms with van der Waals surface area (Å²) in [6, 6.07) is 13.1. The van der Waals surface area contributed by atoms with Crippen LogP contribution in [0.2, 0.25) is 10.0 Å². The molecule has 0 bridgehead atoms. The van der Waals surface area contributed by atoms with Crippen molar-refractivity contribution in [3.8, 4) is 22.6 Å². The van der Waals surface area contributed by atoms with Gasteiger partial charge < -0.3 is 4.98 Å². The molecule has 1 aromatic carbocycles. The number of rotatable bonds is 4. The summed E-state index contributed by atoms with van der Waals surface area (Å²) in [5.74, 6) is 0.566. The van der Waals surface area contributed by atoms with Crippen LogP contribution in [0, 0.1) is 0 Å². The average molecular weight is 464 g/mol. The number of aromatic amines is 1. The highest BCUT2D eigenvalue weighted by molar-refractivity contribution is 6.35. The number of nitrogens with one attached hydrogen (secondary N) is 1. The minimum absolute atomic E-state index is 0.0927. The second kappa shape index (κ2) is 8.82. The lowest BCUT2D eigenvalue weighted by molar-refractivity contribution is 0.241. The third-order valence-electron chi connectivity index (χ3n) is 5.47. The Balaban J connectivity index is 1.32. The SMILES string of the molecule is O=c1[nH]c(-c2cccnc2)nc2c1CN(Cc1ccc(-c3cc(Cl)cc(Cl)c3)nc1)CC2. The van der Waals surface area contributed by atoms with Crippen molar-refractivity contribution >= 4 is 23.2 Å². The van der Waals surface area contributed by atoms with Crippen LogP contribution in [0.5, 0.6) is 0 Å². The summed E-state index contributed by atoms with van der Waals surface area (Å²) in [4.78, 5) is 31.2. The summed E-state index contributed by atoms with van der Waals surface area (Å²) in [6.07, 6.45) is 5.98. The Morgan fingerprint density at radius 1 is 1.03 bits per heavy atom. The van der Waals surface area contributed by atoms with Crippen LogP contribution >= 0.6 is 23.2 Å². The standard InChI is InChI=1S/C24H19Cl2N5O/c25-18-8-17(9-19(26)10-18)21-4-3-15(11-28-21)13-31-7-5-22-20(14-31)24(32)30-23(29-22)16-2-1-6-27-12-16/h1-4,6,8-12H,5,7,13-14H2,(H,29,30,32). The van der Waals surface area contributed by atoms with Crippen LogP contribution in [0.4, 0.5) is 0 Å². The molecule has 8 heteroatoms. The monoisotopic (exact) mass is 463 g/mol. The molecule has 6 nitrogen and oxygen atoms in total. The van der Waals surface area contributed by atoms with Crippen LogP contribution in [0.1, 0.15) is 16.8 Å². The Kier molecular flexibility index (Phi) is 5.74. The fourth-order valence-electron chi connectivity index (χ4n) is 3.90. The number of hydrogen-bond donors (Lipinski definition) is 1. The van der Waals surface area contributed by atoms with Gasteiger partial charge in [-0.2, -0.15) is 0 Å². The van der Waals surface area contributed by atoms with Gasteiger partial charge in [-0.25, -0.2) is 4.98 Å². The molecule has 160 valence electrons. The van der Waals surface area contributed by atoms with E-state index in [9.17, 15) is 4.79 Å². The molecule has 0 saturated carbocycles. The molecule has 3 aromatic heterocycles. The molecule has 0 spiro atoms. The predicted molar refractivity (Wildman–Crippen MR) is 126 cm³/mol. The lowest BCUT2D eigenvalue weighted by Gasteiger charge is -2.27.